The van der Waals surface area contributed by atoms with Crippen molar-refractivity contribution >= 4 is 5.82 Å². The van der Waals surface area contributed by atoms with Crippen LogP contribution in [0, 0.1) is 5.92 Å². The molecule has 3 nitrogen and oxygen atoms in total. The molecule has 1 aliphatic carbocycles. The van der Waals surface area contributed by atoms with Gasteiger partial charge in [0.2, 0.25) is 0 Å². The molecule has 0 spiro atoms. The van der Waals surface area contributed by atoms with Crippen molar-refractivity contribution in [2.24, 2.45) is 5.92 Å². The van der Waals surface area contributed by atoms with E-state index in [4.69, 9.17) is 0 Å². The van der Waals surface area contributed by atoms with Gasteiger partial charge in [0.1, 0.15) is 5.82 Å². The van der Waals surface area contributed by atoms with Gasteiger partial charge >= 0.3 is 0 Å². The Balaban J connectivity index is 1.83. The third kappa shape index (κ3) is 4.20. The van der Waals surface area contributed by atoms with Crippen LogP contribution in [0.15, 0.2) is 18.3 Å². The summed E-state index contributed by atoms with van der Waals surface area (Å²) in [6, 6.07) is 5.03. The molecule has 1 N–H and O–H groups in total. The Morgan fingerprint density at radius 2 is 1.95 bits per heavy atom. The van der Waals surface area contributed by atoms with Crippen LogP contribution < -0.4 is 5.32 Å². The van der Waals surface area contributed by atoms with Crippen molar-refractivity contribution in [1.82, 2.24) is 9.88 Å². The second-order valence-electron chi connectivity index (χ2n) is 6.08. The molecular weight excluding hydrogens is 246 g/mol. The molecule has 1 saturated carbocycles. The molecule has 0 bridgehead atoms. The van der Waals surface area contributed by atoms with Crippen molar-refractivity contribution < 1.29 is 0 Å². The quantitative estimate of drug-likeness (QED) is 0.853. The van der Waals surface area contributed by atoms with Gasteiger partial charge in [0, 0.05) is 25.3 Å². The van der Waals surface area contributed by atoms with Crippen molar-refractivity contribution in [3.63, 3.8) is 0 Å². The molecule has 112 valence electrons. The lowest BCUT2D eigenvalue weighted by Crippen LogP contribution is -2.34. The predicted octanol–water partition coefficient (Wildman–Crippen LogP) is 3.91. The Morgan fingerprint density at radius 1 is 1.20 bits per heavy atom. The van der Waals surface area contributed by atoms with Gasteiger partial charge in [-0.25, -0.2) is 4.98 Å². The highest BCUT2D eigenvalue weighted by molar-refractivity contribution is 5.35. The van der Waals surface area contributed by atoms with E-state index in [0.29, 0.717) is 0 Å². The van der Waals surface area contributed by atoms with E-state index in [9.17, 15) is 0 Å². The van der Waals surface area contributed by atoms with E-state index in [1.165, 1.54) is 37.7 Å². The van der Waals surface area contributed by atoms with E-state index in [-0.39, 0.29) is 0 Å². The molecule has 20 heavy (non-hydrogen) atoms. The van der Waals surface area contributed by atoms with Gasteiger partial charge in [0.25, 0.3) is 0 Å². The third-order valence-corrected chi connectivity index (χ3v) is 4.63. The lowest BCUT2D eigenvalue weighted by molar-refractivity contribution is 0.157. The van der Waals surface area contributed by atoms with Gasteiger partial charge < -0.3 is 5.32 Å². The summed E-state index contributed by atoms with van der Waals surface area (Å²) < 4.78 is 0. The topological polar surface area (TPSA) is 28.2 Å². The van der Waals surface area contributed by atoms with Gasteiger partial charge in [-0.2, -0.15) is 0 Å². The second kappa shape index (κ2) is 7.63. The monoisotopic (exact) mass is 275 g/mol. The van der Waals surface area contributed by atoms with Crippen LogP contribution in [0.3, 0.4) is 0 Å². The Morgan fingerprint density at radius 3 is 2.50 bits per heavy atom. The molecule has 0 radical (unpaired) electrons. The average Bonchev–Trinajstić information content (AvgIpc) is 2.49. The largest absolute Gasteiger partial charge is 0.370 e. The fraction of sp³-hybridized carbons (Fsp3) is 0.706. The number of anilines is 1. The number of nitrogens with one attached hydrogen (secondary N) is 1. The Bertz CT molecular complexity index is 380. The maximum Gasteiger partial charge on any atom is 0.125 e. The van der Waals surface area contributed by atoms with Crippen LogP contribution in [0.25, 0.3) is 0 Å². The van der Waals surface area contributed by atoms with Crippen LogP contribution in [0.5, 0.6) is 0 Å². The number of aromatic nitrogens is 1. The SMILES string of the molecule is CCNc1ccc(CN(C)C2CCC(CC)CC2)cn1. The van der Waals surface area contributed by atoms with E-state index in [0.717, 1.165) is 30.9 Å². The van der Waals surface area contributed by atoms with E-state index < -0.39 is 0 Å². The highest BCUT2D eigenvalue weighted by atomic mass is 15.1. The molecule has 0 aliphatic heterocycles. The summed E-state index contributed by atoms with van der Waals surface area (Å²) in [5, 5.41) is 3.24. The van der Waals surface area contributed by atoms with Crippen LogP contribution in [-0.2, 0) is 6.54 Å². The first-order valence-corrected chi connectivity index (χ1v) is 8.12. The summed E-state index contributed by atoms with van der Waals surface area (Å²) in [6.45, 7) is 6.36. The minimum absolute atomic E-state index is 0.756. The number of pyridine rings is 1. The third-order valence-electron chi connectivity index (χ3n) is 4.63. The first-order valence-electron chi connectivity index (χ1n) is 8.12. The first-order chi connectivity index (χ1) is 9.72. The van der Waals surface area contributed by atoms with E-state index in [1.54, 1.807) is 0 Å². The number of hydrogen-bond acceptors (Lipinski definition) is 3. The molecule has 0 unspecified atom stereocenters. The number of nitrogens with zero attached hydrogens (tertiary/aromatic N) is 2. The van der Waals surface area contributed by atoms with E-state index >= 15 is 0 Å². The molecule has 2 rings (SSSR count). The highest BCUT2D eigenvalue weighted by Gasteiger charge is 2.22. The van der Waals surface area contributed by atoms with Gasteiger partial charge in [0.15, 0.2) is 0 Å². The minimum Gasteiger partial charge on any atom is -0.370 e. The maximum absolute atomic E-state index is 4.45. The van der Waals surface area contributed by atoms with Crippen molar-refractivity contribution in [3.05, 3.63) is 23.9 Å². The molecule has 0 amide bonds. The summed E-state index contributed by atoms with van der Waals surface area (Å²) >= 11 is 0. The lowest BCUT2D eigenvalue weighted by atomic mass is 9.84. The minimum atomic E-state index is 0.756. The van der Waals surface area contributed by atoms with E-state index in [1.807, 2.05) is 6.20 Å². The zero-order valence-electron chi connectivity index (χ0n) is 13.2. The maximum atomic E-state index is 4.45. The van der Waals surface area contributed by atoms with Crippen LogP contribution >= 0.6 is 0 Å². The van der Waals surface area contributed by atoms with E-state index in [2.05, 4.69) is 48.2 Å². The van der Waals surface area contributed by atoms with Crippen LogP contribution in [0.1, 0.15) is 51.5 Å². The summed E-state index contributed by atoms with van der Waals surface area (Å²) in [5.74, 6) is 1.95. The molecule has 1 aromatic rings. The molecule has 0 aromatic carbocycles. The summed E-state index contributed by atoms with van der Waals surface area (Å²) in [4.78, 5) is 6.96. The van der Waals surface area contributed by atoms with Crippen molar-refractivity contribution in [2.75, 3.05) is 18.9 Å². The molecule has 1 heterocycles. The molecule has 0 saturated heterocycles. The molecule has 1 aromatic heterocycles. The lowest BCUT2D eigenvalue weighted by Gasteiger charge is -2.34. The van der Waals surface area contributed by atoms with Crippen molar-refractivity contribution in [2.45, 2.75) is 58.5 Å². The normalized spacial score (nSPS) is 23.0. The average molecular weight is 275 g/mol. The Kier molecular flexibility index (Phi) is 5.84. The van der Waals surface area contributed by atoms with Gasteiger partial charge in [-0.1, -0.05) is 19.4 Å². The standard InChI is InChI=1S/C17H29N3/c1-4-14-6-9-16(10-7-14)20(3)13-15-8-11-17(18-5-2)19-12-15/h8,11-12,14,16H,4-7,9-10,13H2,1-3H3,(H,18,19). The zero-order valence-corrected chi connectivity index (χ0v) is 13.2. The Labute approximate surface area is 123 Å². The highest BCUT2D eigenvalue weighted by Crippen LogP contribution is 2.29. The van der Waals surface area contributed by atoms with Crippen LogP contribution in [0.4, 0.5) is 5.82 Å². The van der Waals surface area contributed by atoms with Crippen molar-refractivity contribution in [3.8, 4) is 0 Å². The van der Waals surface area contributed by atoms with Crippen LogP contribution in [-0.4, -0.2) is 29.5 Å². The van der Waals surface area contributed by atoms with Gasteiger partial charge in [-0.05, 0) is 57.2 Å². The fourth-order valence-electron chi connectivity index (χ4n) is 3.21. The number of rotatable bonds is 6. The summed E-state index contributed by atoms with van der Waals surface area (Å²) in [6.07, 6.45) is 8.89. The van der Waals surface area contributed by atoms with Crippen molar-refractivity contribution in [1.29, 1.82) is 0 Å². The van der Waals surface area contributed by atoms with Gasteiger partial charge in [0.05, 0.1) is 0 Å². The summed E-state index contributed by atoms with van der Waals surface area (Å²) in [5.41, 5.74) is 1.31. The molecular formula is C17H29N3. The van der Waals surface area contributed by atoms with Gasteiger partial charge in [-0.15, -0.1) is 0 Å². The first kappa shape index (κ1) is 15.3. The molecule has 1 aliphatic rings. The summed E-state index contributed by atoms with van der Waals surface area (Å²) in [7, 11) is 2.26. The smallest absolute Gasteiger partial charge is 0.125 e. The predicted molar refractivity (Wildman–Crippen MR) is 85.9 cm³/mol. The Hall–Kier alpha value is -1.09. The molecule has 3 heteroatoms. The van der Waals surface area contributed by atoms with Crippen LogP contribution in [0.2, 0.25) is 0 Å². The molecule has 1 fully saturated rings. The number of hydrogen-bond donors (Lipinski definition) is 1. The van der Waals surface area contributed by atoms with Gasteiger partial charge in [-0.3, -0.25) is 4.90 Å². The fourth-order valence-corrected chi connectivity index (χ4v) is 3.21. The molecule has 0 atom stereocenters. The second-order valence-corrected chi connectivity index (χ2v) is 6.08. The zero-order chi connectivity index (χ0) is 14.4.